The Labute approximate surface area is 461 Å². The summed E-state index contributed by atoms with van der Waals surface area (Å²) >= 11 is 0. The molecular weight excluding hydrogens is 1030 g/mol. The maximum absolute atomic E-state index is 14.4. The van der Waals surface area contributed by atoms with Gasteiger partial charge < -0.3 is 111 Å². The van der Waals surface area contributed by atoms with E-state index in [1.807, 2.05) is 0 Å². The normalized spacial score (nSPS) is 13.4. The number of carbonyl (C=O) groups excluding carboxylic acids is 8. The van der Waals surface area contributed by atoms with E-state index in [0.29, 0.717) is 38.6 Å². The summed E-state index contributed by atoms with van der Waals surface area (Å²) in [6.07, 6.45) is 6.08. The van der Waals surface area contributed by atoms with E-state index >= 15 is 0 Å². The zero-order valence-corrected chi connectivity index (χ0v) is 45.7. The molecule has 0 fully saturated rings. The van der Waals surface area contributed by atoms with Gasteiger partial charge in [-0.1, -0.05) is 12.2 Å². The van der Waals surface area contributed by atoms with Crippen molar-refractivity contribution in [2.75, 3.05) is 52.4 Å². The summed E-state index contributed by atoms with van der Waals surface area (Å²) in [5, 5.41) is 21.3. The molecule has 33 heteroatoms. The number of nitrogens with one attached hydrogen (secondary N) is 8. The number of hydrogen-bond donors (Lipinski definition) is 20. The van der Waals surface area contributed by atoms with E-state index in [1.54, 1.807) is 12.2 Å². The van der Waals surface area contributed by atoms with Crippen molar-refractivity contribution < 1.29 is 38.4 Å². The van der Waals surface area contributed by atoms with Gasteiger partial charge in [-0.2, -0.15) is 0 Å². The lowest BCUT2D eigenvalue weighted by molar-refractivity contribution is -0.136. The number of aliphatic imine (C=N–C) groups is 5. The number of hydrogen-bond acceptors (Lipinski definition) is 15. The first-order chi connectivity index (χ1) is 37.4. The van der Waals surface area contributed by atoms with E-state index in [1.165, 1.54) is 13.8 Å². The molecule has 0 aromatic carbocycles. The molecule has 448 valence electrons. The molecule has 0 spiro atoms. The number of amides is 8. The van der Waals surface area contributed by atoms with Crippen LogP contribution in [0.15, 0.2) is 37.1 Å². The van der Waals surface area contributed by atoms with Gasteiger partial charge in [0.15, 0.2) is 29.8 Å². The van der Waals surface area contributed by atoms with Crippen LogP contribution in [0.2, 0.25) is 0 Å². The summed E-state index contributed by atoms with van der Waals surface area (Å²) < 4.78 is 0. The molecule has 79 heavy (non-hydrogen) atoms. The Bertz CT molecular complexity index is 2080. The Kier molecular flexibility index (Phi) is 37.5. The van der Waals surface area contributed by atoms with Gasteiger partial charge in [-0.05, 0) is 110 Å². The topological polar surface area (TPSA) is 607 Å². The van der Waals surface area contributed by atoms with Crippen molar-refractivity contribution in [2.45, 2.75) is 146 Å². The molecule has 33 nitrogen and oxygen atoms in total. The molecule has 0 bridgehead atoms. The van der Waals surface area contributed by atoms with Gasteiger partial charge in [0, 0.05) is 39.6 Å². The van der Waals surface area contributed by atoms with E-state index < -0.39 is 89.6 Å². The predicted octanol–water partition coefficient (Wildman–Crippen LogP) is -8.16. The maximum atomic E-state index is 14.4. The molecule has 8 amide bonds. The lowest BCUT2D eigenvalue weighted by atomic mass is 10.0. The Morgan fingerprint density at radius 1 is 0.367 bits per heavy atom. The third-order valence-corrected chi connectivity index (χ3v) is 11.2. The van der Waals surface area contributed by atoms with Gasteiger partial charge in [-0.3, -0.25) is 58.3 Å². The summed E-state index contributed by atoms with van der Waals surface area (Å²) in [6, 6.07) is -8.72. The summed E-state index contributed by atoms with van der Waals surface area (Å²) in [4.78, 5) is 129. The summed E-state index contributed by atoms with van der Waals surface area (Å²) in [7, 11) is 0. The quantitative estimate of drug-likeness (QED) is 0.0117. The Hall–Kier alpha value is -8.23. The van der Waals surface area contributed by atoms with Crippen molar-refractivity contribution in [2.24, 2.45) is 93.8 Å². The minimum atomic E-state index is -1.40. The lowest BCUT2D eigenvalue weighted by Crippen LogP contribution is -2.60. The fourth-order valence-corrected chi connectivity index (χ4v) is 7.22. The molecule has 0 heterocycles. The number of nitrogens with zero attached hydrogens (tertiary/aromatic N) is 5. The molecule has 0 aromatic heterocycles. The lowest BCUT2D eigenvalue weighted by Gasteiger charge is -2.28. The molecule has 0 saturated carbocycles. The number of carbonyl (C=O) groups is 8. The molecular formula is C46H91N25O8. The van der Waals surface area contributed by atoms with Crippen LogP contribution in [-0.4, -0.2) is 172 Å². The van der Waals surface area contributed by atoms with Gasteiger partial charge in [0.05, 0.1) is 6.54 Å². The van der Waals surface area contributed by atoms with Crippen LogP contribution in [0.1, 0.15) is 104 Å². The van der Waals surface area contributed by atoms with Gasteiger partial charge >= 0.3 is 0 Å². The van der Waals surface area contributed by atoms with Crippen molar-refractivity contribution in [3.05, 3.63) is 12.2 Å². The van der Waals surface area contributed by atoms with Gasteiger partial charge in [-0.25, -0.2) is 4.99 Å². The fraction of sp³-hybridized carbons (Fsp3) is 0.674. The first-order valence-corrected chi connectivity index (χ1v) is 26.1. The SMILES string of the molecule is CC(=O)N[C@@H](CCCN=C(N)N)C(=O)N[C@@H](C)C(=O)N[C@@H](CCCN=C(N)N)C(=O)N[C@@H](CCCN=C(N)N)C(=O)N[C@@H](CCCN=C(N)N)C(=O)N[C@@H](CCCCN)C(=O)N[C@@H](CCCCN)C(=O)NC/C=C/CN=C(N)N. The first-order valence-electron chi connectivity index (χ1n) is 26.1. The third-order valence-electron chi connectivity index (χ3n) is 11.2. The van der Waals surface area contributed by atoms with Crippen LogP contribution in [0.3, 0.4) is 0 Å². The van der Waals surface area contributed by atoms with Gasteiger partial charge in [0.1, 0.15) is 42.3 Å². The van der Waals surface area contributed by atoms with Crippen LogP contribution >= 0.6 is 0 Å². The van der Waals surface area contributed by atoms with Crippen molar-refractivity contribution in [3.8, 4) is 0 Å². The van der Waals surface area contributed by atoms with Gasteiger partial charge in [0.25, 0.3) is 0 Å². The highest BCUT2D eigenvalue weighted by molar-refractivity contribution is 5.97. The van der Waals surface area contributed by atoms with Crippen molar-refractivity contribution >= 4 is 77.1 Å². The molecule has 0 radical (unpaired) electrons. The number of guanidine groups is 5. The summed E-state index contributed by atoms with van der Waals surface area (Å²) in [6.45, 7) is 3.75. The van der Waals surface area contributed by atoms with E-state index in [4.69, 9.17) is 68.8 Å². The molecule has 0 unspecified atom stereocenters. The molecule has 0 aliphatic rings. The third kappa shape index (κ3) is 35.7. The minimum Gasteiger partial charge on any atom is -0.370 e. The highest BCUT2D eigenvalue weighted by atomic mass is 16.2. The standard InChI is InChI=1S/C46H91N25O8/c1-27(65-37(75)30(66-28(2)72)15-9-23-61-43(51)52)35(73)67-32(16-10-24-62-44(53)54)39(77)70-34(18-12-26-64-46(57)58)41(79)71-33(17-11-25-63-45(55)56)40(78)69-31(14-4-6-20-48)38(76)68-29(13-3-5-19-47)36(74)59-21-7-8-22-60-42(49)50/h7-8,27,29-34H,3-6,9-26,47-48H2,1-2H3,(H,59,74)(H,65,75)(H,66,72)(H,67,73)(H,68,76)(H,69,78)(H,70,77)(H,71,79)(H4,49,50,60)(H4,51,52,61)(H4,53,54,62)(H4,55,56,63)(H4,57,58,64)/b8-7+/t27-,29-,30-,31-,32-,33-,34-/m0/s1. The maximum Gasteiger partial charge on any atom is 0.243 e. The highest BCUT2D eigenvalue weighted by Gasteiger charge is 2.33. The second-order valence-corrected chi connectivity index (χ2v) is 18.1. The number of rotatable bonds is 42. The number of nitrogens with two attached hydrogens (primary N) is 12. The van der Waals surface area contributed by atoms with Gasteiger partial charge in [-0.15, -0.1) is 0 Å². The molecule has 0 aliphatic heterocycles. The molecule has 7 atom stereocenters. The minimum absolute atomic E-state index is 0.0228. The van der Waals surface area contributed by atoms with Gasteiger partial charge in [0.2, 0.25) is 47.3 Å². The van der Waals surface area contributed by atoms with Crippen molar-refractivity contribution in [3.63, 3.8) is 0 Å². The molecule has 0 rings (SSSR count). The van der Waals surface area contributed by atoms with Crippen LogP contribution < -0.4 is 111 Å². The van der Waals surface area contributed by atoms with Crippen LogP contribution in [0.4, 0.5) is 0 Å². The average Bonchev–Trinajstić information content (AvgIpc) is 3.37. The molecule has 32 N–H and O–H groups in total. The monoisotopic (exact) mass is 1120 g/mol. The molecule has 0 saturated heterocycles. The zero-order chi connectivity index (χ0) is 59.7. The van der Waals surface area contributed by atoms with E-state index in [9.17, 15) is 38.4 Å². The largest absolute Gasteiger partial charge is 0.370 e. The van der Waals surface area contributed by atoms with E-state index in [0.717, 1.165) is 0 Å². The molecule has 0 aromatic rings. The summed E-state index contributed by atoms with van der Waals surface area (Å²) in [5.74, 6) is -6.68. The second-order valence-electron chi connectivity index (χ2n) is 18.1. The van der Waals surface area contributed by atoms with Crippen LogP contribution in [0.25, 0.3) is 0 Å². The first kappa shape index (κ1) is 70.8. The summed E-state index contributed by atoms with van der Waals surface area (Å²) in [5.41, 5.74) is 66.2. The Morgan fingerprint density at radius 2 is 0.658 bits per heavy atom. The predicted molar refractivity (Wildman–Crippen MR) is 303 cm³/mol. The Balaban J connectivity index is 6.96. The average molecular weight is 1120 g/mol. The number of unbranched alkanes of at least 4 members (excludes halogenated alkanes) is 2. The van der Waals surface area contributed by atoms with E-state index in [2.05, 4.69) is 67.5 Å². The van der Waals surface area contributed by atoms with Crippen LogP contribution in [-0.2, 0) is 38.4 Å². The molecule has 0 aliphatic carbocycles. The van der Waals surface area contributed by atoms with Crippen LogP contribution in [0.5, 0.6) is 0 Å². The fourth-order valence-electron chi connectivity index (χ4n) is 7.22. The Morgan fingerprint density at radius 3 is 0.975 bits per heavy atom. The van der Waals surface area contributed by atoms with Crippen molar-refractivity contribution in [1.82, 2.24) is 42.5 Å². The second kappa shape index (κ2) is 41.9. The highest BCUT2D eigenvalue weighted by Crippen LogP contribution is 2.10. The van der Waals surface area contributed by atoms with Crippen LogP contribution in [0, 0.1) is 0 Å². The smallest absolute Gasteiger partial charge is 0.243 e. The van der Waals surface area contributed by atoms with E-state index in [-0.39, 0.29) is 133 Å². The zero-order valence-electron chi connectivity index (χ0n) is 45.7. The van der Waals surface area contributed by atoms with Crippen molar-refractivity contribution in [1.29, 1.82) is 0 Å².